The van der Waals surface area contributed by atoms with Crippen LogP contribution < -0.4 is 4.74 Å². The number of aromatic nitrogens is 2. The van der Waals surface area contributed by atoms with Crippen molar-refractivity contribution >= 4 is 5.91 Å². The highest BCUT2D eigenvalue weighted by molar-refractivity contribution is 5.97. The summed E-state index contributed by atoms with van der Waals surface area (Å²) in [5.74, 6) is 1.57. The predicted molar refractivity (Wildman–Crippen MR) is 98.0 cm³/mol. The van der Waals surface area contributed by atoms with Crippen LogP contribution in [0.25, 0.3) is 0 Å². The number of amides is 1. The molecule has 0 spiro atoms. The van der Waals surface area contributed by atoms with E-state index in [4.69, 9.17) is 4.74 Å². The van der Waals surface area contributed by atoms with E-state index in [0.717, 1.165) is 31.6 Å². The van der Waals surface area contributed by atoms with Crippen LogP contribution in [0.2, 0.25) is 0 Å². The van der Waals surface area contributed by atoms with Gasteiger partial charge in [0.25, 0.3) is 5.91 Å². The summed E-state index contributed by atoms with van der Waals surface area (Å²) in [5.41, 5.74) is 2.71. The molecule has 5 nitrogen and oxygen atoms in total. The third kappa shape index (κ3) is 3.28. The standard InChI is InChI=1S/C20H27N3O2/c1-5-15-13-23(12-11-17(15)16-9-7-6-8-10-16)19(24)18-14(2)21-22(3)20(18)25-4/h6-10,15,17H,5,11-13H2,1-4H3/t15-,17+/m0/s1. The van der Waals surface area contributed by atoms with E-state index < -0.39 is 0 Å². The largest absolute Gasteiger partial charge is 0.481 e. The SMILES string of the molecule is CC[C@H]1CN(C(=O)c2c(C)nn(C)c2OC)CC[C@H]1c1ccccc1. The van der Waals surface area contributed by atoms with Gasteiger partial charge in [0.1, 0.15) is 5.56 Å². The van der Waals surface area contributed by atoms with Crippen molar-refractivity contribution in [2.45, 2.75) is 32.6 Å². The molecule has 0 radical (unpaired) electrons. The van der Waals surface area contributed by atoms with Gasteiger partial charge in [-0.05, 0) is 30.7 Å². The van der Waals surface area contributed by atoms with Crippen molar-refractivity contribution in [3.63, 3.8) is 0 Å². The van der Waals surface area contributed by atoms with E-state index in [0.29, 0.717) is 23.3 Å². The van der Waals surface area contributed by atoms with E-state index in [1.807, 2.05) is 11.8 Å². The summed E-state index contributed by atoms with van der Waals surface area (Å²) < 4.78 is 7.04. The van der Waals surface area contributed by atoms with E-state index in [2.05, 4.69) is 42.4 Å². The minimum atomic E-state index is 0.0346. The van der Waals surface area contributed by atoms with Crippen LogP contribution in [-0.2, 0) is 7.05 Å². The molecule has 1 aromatic carbocycles. The van der Waals surface area contributed by atoms with Gasteiger partial charge in [0, 0.05) is 20.1 Å². The van der Waals surface area contributed by atoms with Crippen LogP contribution in [0.4, 0.5) is 0 Å². The lowest BCUT2D eigenvalue weighted by atomic mass is 9.79. The molecule has 0 N–H and O–H groups in total. The van der Waals surface area contributed by atoms with E-state index >= 15 is 0 Å². The smallest absolute Gasteiger partial charge is 0.261 e. The predicted octanol–water partition coefficient (Wildman–Crippen LogP) is 3.39. The first-order valence-electron chi connectivity index (χ1n) is 8.98. The molecule has 1 aliphatic heterocycles. The van der Waals surface area contributed by atoms with E-state index in [9.17, 15) is 4.79 Å². The van der Waals surface area contributed by atoms with Crippen LogP contribution in [-0.4, -0.2) is 40.8 Å². The Bertz CT molecular complexity index is 739. The van der Waals surface area contributed by atoms with Crippen molar-refractivity contribution in [3.8, 4) is 5.88 Å². The van der Waals surface area contributed by atoms with Crippen molar-refractivity contribution in [1.82, 2.24) is 14.7 Å². The Morgan fingerprint density at radius 3 is 2.68 bits per heavy atom. The lowest BCUT2D eigenvalue weighted by Gasteiger charge is -2.38. The molecule has 25 heavy (non-hydrogen) atoms. The van der Waals surface area contributed by atoms with Gasteiger partial charge in [-0.25, -0.2) is 4.68 Å². The number of nitrogens with zero attached hydrogens (tertiary/aromatic N) is 3. The molecule has 1 fully saturated rings. The zero-order chi connectivity index (χ0) is 18.0. The molecule has 2 aromatic rings. The number of likely N-dealkylation sites (tertiary alicyclic amines) is 1. The summed E-state index contributed by atoms with van der Waals surface area (Å²) >= 11 is 0. The summed E-state index contributed by atoms with van der Waals surface area (Å²) in [5, 5.41) is 4.34. The number of hydrogen-bond donors (Lipinski definition) is 0. The molecule has 1 amide bonds. The second kappa shape index (κ2) is 7.30. The van der Waals surface area contributed by atoms with Crippen LogP contribution in [0.1, 0.15) is 47.3 Å². The second-order valence-electron chi connectivity index (χ2n) is 6.82. The molecule has 1 aliphatic rings. The minimum Gasteiger partial charge on any atom is -0.481 e. The summed E-state index contributed by atoms with van der Waals surface area (Å²) in [6.45, 7) is 5.63. The van der Waals surface area contributed by atoms with Crippen LogP contribution in [0.15, 0.2) is 30.3 Å². The highest BCUT2D eigenvalue weighted by Gasteiger charge is 2.34. The molecule has 2 heterocycles. The number of ether oxygens (including phenoxy) is 1. The zero-order valence-corrected chi connectivity index (χ0v) is 15.5. The van der Waals surface area contributed by atoms with Crippen LogP contribution in [0.3, 0.4) is 0 Å². The molecule has 0 saturated carbocycles. The Kier molecular flexibility index (Phi) is 5.11. The molecule has 3 rings (SSSR count). The number of aryl methyl sites for hydroxylation is 2. The van der Waals surface area contributed by atoms with E-state index in [1.54, 1.807) is 18.8 Å². The Morgan fingerprint density at radius 1 is 1.32 bits per heavy atom. The summed E-state index contributed by atoms with van der Waals surface area (Å²) in [6.07, 6.45) is 2.06. The van der Waals surface area contributed by atoms with E-state index in [-0.39, 0.29) is 5.91 Å². The lowest BCUT2D eigenvalue weighted by Crippen LogP contribution is -2.43. The molecule has 0 unspecified atom stereocenters. The number of carbonyl (C=O) groups excluding carboxylic acids is 1. The zero-order valence-electron chi connectivity index (χ0n) is 15.5. The molecule has 134 valence electrons. The number of benzene rings is 1. The molecule has 1 saturated heterocycles. The van der Waals surface area contributed by atoms with Gasteiger partial charge in [0.2, 0.25) is 5.88 Å². The van der Waals surface area contributed by atoms with Crippen LogP contribution >= 0.6 is 0 Å². The molecular weight excluding hydrogens is 314 g/mol. The van der Waals surface area contributed by atoms with Crippen molar-refractivity contribution < 1.29 is 9.53 Å². The highest BCUT2D eigenvalue weighted by atomic mass is 16.5. The number of rotatable bonds is 4. The molecule has 2 atom stereocenters. The average Bonchev–Trinajstić information content (AvgIpc) is 2.94. The quantitative estimate of drug-likeness (QED) is 0.856. The van der Waals surface area contributed by atoms with Gasteiger partial charge >= 0.3 is 0 Å². The number of carbonyl (C=O) groups is 1. The van der Waals surface area contributed by atoms with Gasteiger partial charge in [-0.15, -0.1) is 0 Å². The maximum absolute atomic E-state index is 13.1. The van der Waals surface area contributed by atoms with Crippen molar-refractivity contribution in [1.29, 1.82) is 0 Å². The maximum atomic E-state index is 13.1. The van der Waals surface area contributed by atoms with Crippen LogP contribution in [0.5, 0.6) is 5.88 Å². The second-order valence-corrected chi connectivity index (χ2v) is 6.82. The van der Waals surface area contributed by atoms with E-state index in [1.165, 1.54) is 5.56 Å². The topological polar surface area (TPSA) is 47.4 Å². The fourth-order valence-corrected chi connectivity index (χ4v) is 4.04. The summed E-state index contributed by atoms with van der Waals surface area (Å²) in [6, 6.07) is 10.7. The summed E-state index contributed by atoms with van der Waals surface area (Å²) in [7, 11) is 3.39. The average molecular weight is 341 g/mol. The molecule has 0 bridgehead atoms. The van der Waals surface area contributed by atoms with Gasteiger partial charge in [-0.1, -0.05) is 43.7 Å². The van der Waals surface area contributed by atoms with Crippen LogP contribution in [0, 0.1) is 12.8 Å². The van der Waals surface area contributed by atoms with Crippen molar-refractivity contribution in [3.05, 3.63) is 47.2 Å². The van der Waals surface area contributed by atoms with Crippen molar-refractivity contribution in [2.75, 3.05) is 20.2 Å². The first-order valence-corrected chi connectivity index (χ1v) is 8.98. The maximum Gasteiger partial charge on any atom is 0.261 e. The molecule has 1 aromatic heterocycles. The molecule has 0 aliphatic carbocycles. The molecular formula is C20H27N3O2. The van der Waals surface area contributed by atoms with Gasteiger partial charge < -0.3 is 9.64 Å². The van der Waals surface area contributed by atoms with Gasteiger partial charge in [0.05, 0.1) is 12.8 Å². The Labute approximate surface area is 149 Å². The van der Waals surface area contributed by atoms with Gasteiger partial charge in [0.15, 0.2) is 0 Å². The Hall–Kier alpha value is -2.30. The van der Waals surface area contributed by atoms with Gasteiger partial charge in [-0.2, -0.15) is 5.10 Å². The third-order valence-corrected chi connectivity index (χ3v) is 5.35. The highest BCUT2D eigenvalue weighted by Crippen LogP contribution is 2.36. The number of hydrogen-bond acceptors (Lipinski definition) is 3. The lowest BCUT2D eigenvalue weighted by molar-refractivity contribution is 0.0641. The molecule has 5 heteroatoms. The third-order valence-electron chi connectivity index (χ3n) is 5.35. The fraction of sp³-hybridized carbons (Fsp3) is 0.500. The Morgan fingerprint density at radius 2 is 2.04 bits per heavy atom. The minimum absolute atomic E-state index is 0.0346. The normalized spacial score (nSPS) is 20.6. The van der Waals surface area contributed by atoms with Crippen molar-refractivity contribution in [2.24, 2.45) is 13.0 Å². The summed E-state index contributed by atoms with van der Waals surface area (Å²) in [4.78, 5) is 15.1. The monoisotopic (exact) mass is 341 g/mol. The fourth-order valence-electron chi connectivity index (χ4n) is 4.04. The van der Waals surface area contributed by atoms with Gasteiger partial charge in [-0.3, -0.25) is 4.79 Å². The first-order chi connectivity index (χ1) is 12.1. The number of methoxy groups -OCH3 is 1. The number of piperidine rings is 1. The first kappa shape index (κ1) is 17.5. The Balaban J connectivity index is 1.81.